The molecule has 31 heavy (non-hydrogen) atoms. The van der Waals surface area contributed by atoms with Crippen LogP contribution in [0.4, 0.5) is 4.39 Å². The quantitative estimate of drug-likeness (QED) is 0.252. The zero-order valence-corrected chi connectivity index (χ0v) is 18.1. The topological polar surface area (TPSA) is 85.6 Å². The Morgan fingerprint density at radius 3 is 2.39 bits per heavy atom. The molecule has 1 atom stereocenters. The van der Waals surface area contributed by atoms with E-state index in [1.807, 2.05) is 0 Å². The zero-order valence-electron chi connectivity index (χ0n) is 17.3. The molecule has 3 rings (SSSR count). The molecule has 0 saturated heterocycles. The minimum absolute atomic E-state index is 0.00497. The lowest BCUT2D eigenvalue weighted by Gasteiger charge is -2.13. The summed E-state index contributed by atoms with van der Waals surface area (Å²) in [6.07, 6.45) is -0.439. The number of nitrogens with zero attached hydrogens (tertiary/aromatic N) is 1. The summed E-state index contributed by atoms with van der Waals surface area (Å²) in [5.41, 5.74) is 3.04. The molecule has 162 valence electrons. The van der Waals surface area contributed by atoms with Gasteiger partial charge in [-0.3, -0.25) is 4.79 Å². The van der Waals surface area contributed by atoms with E-state index in [0.717, 1.165) is 0 Å². The Balaban J connectivity index is 2.14. The van der Waals surface area contributed by atoms with Gasteiger partial charge >= 0.3 is 5.97 Å². The summed E-state index contributed by atoms with van der Waals surface area (Å²) in [7, 11) is 0. The van der Waals surface area contributed by atoms with Crippen LogP contribution in [0, 0.1) is 12.7 Å². The summed E-state index contributed by atoms with van der Waals surface area (Å²) in [4.78, 5) is 25.0. The maximum atomic E-state index is 13.9. The third-order valence-electron chi connectivity index (χ3n) is 4.63. The second kappa shape index (κ2) is 9.36. The van der Waals surface area contributed by atoms with Gasteiger partial charge in [-0.05, 0) is 56.2 Å². The van der Waals surface area contributed by atoms with E-state index >= 15 is 0 Å². The van der Waals surface area contributed by atoms with Gasteiger partial charge in [-0.15, -0.1) is 0 Å². The van der Waals surface area contributed by atoms with Crippen molar-refractivity contribution in [2.75, 3.05) is 0 Å². The Hall–Kier alpha value is -3.10. The summed E-state index contributed by atoms with van der Waals surface area (Å²) < 4.78 is 40.8. The van der Waals surface area contributed by atoms with Crippen molar-refractivity contribution >= 4 is 22.8 Å². The van der Waals surface area contributed by atoms with Gasteiger partial charge < -0.3 is 13.9 Å². The Morgan fingerprint density at radius 1 is 1.13 bits per heavy atom. The Bertz CT molecular complexity index is 1150. The number of hydrogen-bond donors (Lipinski definition) is 1. The molecular formula is C23H22FNO5S. The summed E-state index contributed by atoms with van der Waals surface area (Å²) in [6.45, 7) is 4.98. The SMILES string of the molecule is Cc1c(C(=O)C(=O)OC(C)C)cc(-c2ccc(CS(=O)O)cc2)n1-c1cccc(F)c1. The molecule has 0 spiro atoms. The van der Waals surface area contributed by atoms with Crippen molar-refractivity contribution in [3.8, 4) is 16.9 Å². The number of esters is 1. The number of ether oxygens (including phenoxy) is 1. The average molecular weight is 443 g/mol. The summed E-state index contributed by atoms with van der Waals surface area (Å²) >= 11 is -1.96. The molecule has 0 radical (unpaired) electrons. The highest BCUT2D eigenvalue weighted by Gasteiger charge is 2.26. The number of halogens is 1. The number of Topliss-reactive ketones (excluding diaryl/α,β-unsaturated/α-hetero) is 1. The molecule has 0 amide bonds. The van der Waals surface area contributed by atoms with Crippen LogP contribution in [0.25, 0.3) is 16.9 Å². The monoisotopic (exact) mass is 443 g/mol. The maximum absolute atomic E-state index is 13.9. The van der Waals surface area contributed by atoms with E-state index in [1.165, 1.54) is 12.1 Å². The average Bonchev–Trinajstić information content (AvgIpc) is 3.04. The first-order chi connectivity index (χ1) is 14.7. The number of ketones is 1. The fourth-order valence-corrected chi connectivity index (χ4v) is 3.77. The number of carbonyl (C=O) groups is 2. The van der Waals surface area contributed by atoms with Crippen molar-refractivity contribution < 1.29 is 27.5 Å². The highest BCUT2D eigenvalue weighted by Crippen LogP contribution is 2.30. The van der Waals surface area contributed by atoms with E-state index in [4.69, 9.17) is 9.29 Å². The van der Waals surface area contributed by atoms with E-state index in [2.05, 4.69) is 0 Å². The third kappa shape index (κ3) is 5.15. The number of hydrogen-bond acceptors (Lipinski definition) is 4. The van der Waals surface area contributed by atoms with Gasteiger partial charge in [0.2, 0.25) is 0 Å². The van der Waals surface area contributed by atoms with Crippen LogP contribution in [0.5, 0.6) is 0 Å². The third-order valence-corrected chi connectivity index (χ3v) is 5.21. The van der Waals surface area contributed by atoms with E-state index in [1.54, 1.807) is 67.8 Å². The van der Waals surface area contributed by atoms with Crippen LogP contribution in [0.3, 0.4) is 0 Å². The van der Waals surface area contributed by atoms with Gasteiger partial charge in [0.05, 0.1) is 23.1 Å². The smallest absolute Gasteiger partial charge is 0.379 e. The van der Waals surface area contributed by atoms with Gasteiger partial charge in [-0.25, -0.2) is 13.4 Å². The van der Waals surface area contributed by atoms with Gasteiger partial charge in [0.15, 0.2) is 11.1 Å². The first-order valence-corrected chi connectivity index (χ1v) is 10.8. The summed E-state index contributed by atoms with van der Waals surface area (Å²) in [6, 6.07) is 14.4. The number of aromatic nitrogens is 1. The van der Waals surface area contributed by atoms with Crippen molar-refractivity contribution in [3.63, 3.8) is 0 Å². The lowest BCUT2D eigenvalue weighted by atomic mass is 10.1. The van der Waals surface area contributed by atoms with Crippen LogP contribution in [0.1, 0.15) is 35.5 Å². The first-order valence-electron chi connectivity index (χ1n) is 9.57. The molecule has 6 nitrogen and oxygen atoms in total. The van der Waals surface area contributed by atoms with E-state index < -0.39 is 34.8 Å². The molecule has 2 aromatic carbocycles. The number of carbonyl (C=O) groups excluding carboxylic acids is 2. The van der Waals surface area contributed by atoms with Gasteiger partial charge in [0, 0.05) is 11.4 Å². The molecular weight excluding hydrogens is 421 g/mol. The van der Waals surface area contributed by atoms with E-state index in [0.29, 0.717) is 28.2 Å². The first kappa shape index (κ1) is 22.6. The zero-order chi connectivity index (χ0) is 22.7. The number of benzene rings is 2. The lowest BCUT2D eigenvalue weighted by Crippen LogP contribution is -2.21. The molecule has 1 unspecified atom stereocenters. The normalized spacial score (nSPS) is 12.1. The van der Waals surface area contributed by atoms with Crippen molar-refractivity contribution in [2.24, 2.45) is 0 Å². The fraction of sp³-hybridized carbons (Fsp3) is 0.217. The molecule has 0 fully saturated rings. The van der Waals surface area contributed by atoms with Crippen molar-refractivity contribution in [2.45, 2.75) is 32.6 Å². The Labute approximate surface area is 181 Å². The van der Waals surface area contributed by atoms with Crippen molar-refractivity contribution in [1.29, 1.82) is 0 Å². The van der Waals surface area contributed by atoms with Gasteiger partial charge in [-0.2, -0.15) is 0 Å². The van der Waals surface area contributed by atoms with E-state index in [9.17, 15) is 18.2 Å². The van der Waals surface area contributed by atoms with Crippen LogP contribution in [0.15, 0.2) is 54.6 Å². The molecule has 0 aliphatic carbocycles. The number of rotatable bonds is 7. The second-order valence-corrected chi connectivity index (χ2v) is 8.22. The van der Waals surface area contributed by atoms with Crippen LogP contribution in [-0.4, -0.2) is 31.2 Å². The van der Waals surface area contributed by atoms with Crippen molar-refractivity contribution in [1.82, 2.24) is 4.57 Å². The van der Waals surface area contributed by atoms with Crippen LogP contribution in [-0.2, 0) is 26.4 Å². The molecule has 0 saturated carbocycles. The van der Waals surface area contributed by atoms with Crippen LogP contribution < -0.4 is 0 Å². The molecule has 1 heterocycles. The molecule has 1 N–H and O–H groups in total. The molecule has 0 aliphatic rings. The predicted molar refractivity (Wildman–Crippen MR) is 116 cm³/mol. The molecule has 0 bridgehead atoms. The van der Waals surface area contributed by atoms with Gasteiger partial charge in [0.1, 0.15) is 5.82 Å². The molecule has 8 heteroatoms. The maximum Gasteiger partial charge on any atom is 0.379 e. The minimum Gasteiger partial charge on any atom is -0.457 e. The molecule has 3 aromatic rings. The fourth-order valence-electron chi connectivity index (χ4n) is 3.29. The second-order valence-electron chi connectivity index (χ2n) is 7.29. The Kier molecular flexibility index (Phi) is 6.82. The highest BCUT2D eigenvalue weighted by molar-refractivity contribution is 7.78. The van der Waals surface area contributed by atoms with Gasteiger partial charge in [-0.1, -0.05) is 30.3 Å². The summed E-state index contributed by atoms with van der Waals surface area (Å²) in [5, 5.41) is 0. The lowest BCUT2D eigenvalue weighted by molar-refractivity contribution is -0.141. The largest absolute Gasteiger partial charge is 0.457 e. The summed E-state index contributed by atoms with van der Waals surface area (Å²) in [5.74, 6) is -2.18. The standard InChI is InChI=1S/C23H22FNO5S/c1-14(2)30-23(27)22(26)20-12-21(17-9-7-16(8-10-17)13-31(28)29)25(15(20)3)19-6-4-5-18(24)11-19/h4-12,14H,13H2,1-3H3,(H,28,29). The van der Waals surface area contributed by atoms with Crippen LogP contribution in [0.2, 0.25) is 0 Å². The molecule has 0 aliphatic heterocycles. The molecule has 1 aromatic heterocycles. The van der Waals surface area contributed by atoms with E-state index in [-0.39, 0.29) is 11.3 Å². The highest BCUT2D eigenvalue weighted by atomic mass is 32.2. The minimum atomic E-state index is -1.96. The van der Waals surface area contributed by atoms with Crippen molar-refractivity contribution in [3.05, 3.63) is 77.2 Å². The Morgan fingerprint density at radius 2 is 1.81 bits per heavy atom. The van der Waals surface area contributed by atoms with Crippen LogP contribution >= 0.6 is 0 Å². The predicted octanol–water partition coefficient (Wildman–Crippen LogP) is 4.45. The van der Waals surface area contributed by atoms with Gasteiger partial charge in [0.25, 0.3) is 5.78 Å².